The van der Waals surface area contributed by atoms with Crippen molar-refractivity contribution in [2.75, 3.05) is 13.1 Å². The highest BCUT2D eigenvalue weighted by molar-refractivity contribution is 5.82. The van der Waals surface area contributed by atoms with E-state index in [0.29, 0.717) is 0 Å². The summed E-state index contributed by atoms with van der Waals surface area (Å²) in [5, 5.41) is 0. The first-order valence-electron chi connectivity index (χ1n) is 3.55. The molecule has 0 radical (unpaired) electrons. The largest absolute Gasteiger partial charge is 0.471 e. The monoisotopic (exact) mass is 221 g/mol. The summed E-state index contributed by atoms with van der Waals surface area (Å²) in [4.78, 5) is 10.5. The lowest BCUT2D eigenvalue weighted by atomic mass is 10.00. The highest BCUT2D eigenvalue weighted by Crippen LogP contribution is 2.35. The van der Waals surface area contributed by atoms with E-state index >= 15 is 0 Å². The fourth-order valence-electron chi connectivity index (χ4n) is 1.03. The van der Waals surface area contributed by atoms with Crippen LogP contribution in [0.4, 0.5) is 26.3 Å². The Balaban J connectivity index is 2.47. The van der Waals surface area contributed by atoms with Crippen molar-refractivity contribution < 1.29 is 31.1 Å². The summed E-state index contributed by atoms with van der Waals surface area (Å²) in [5.41, 5.74) is 0. The number of hydrogen-bond donors (Lipinski definition) is 0. The van der Waals surface area contributed by atoms with Gasteiger partial charge in [0.1, 0.15) is 0 Å². The van der Waals surface area contributed by atoms with Crippen LogP contribution in [0.1, 0.15) is 0 Å². The topological polar surface area (TPSA) is 20.3 Å². The number of alkyl halides is 6. The number of carbonyl (C=O) groups excluding carboxylic acids is 1. The van der Waals surface area contributed by atoms with E-state index in [1.54, 1.807) is 0 Å². The standard InChI is InChI=1S/C6H5F6NO/c7-5(8,9)3-1-13(2-3)4(14)6(10,11)12/h3H,1-2H2. The minimum Gasteiger partial charge on any atom is -0.334 e. The maximum atomic E-state index is 11.8. The van der Waals surface area contributed by atoms with Gasteiger partial charge in [-0.15, -0.1) is 0 Å². The van der Waals surface area contributed by atoms with Gasteiger partial charge in [0.05, 0.1) is 5.92 Å². The minimum absolute atomic E-state index is 0.137. The molecule has 2 nitrogen and oxygen atoms in total. The van der Waals surface area contributed by atoms with Crippen molar-refractivity contribution in [2.45, 2.75) is 12.4 Å². The Morgan fingerprint density at radius 3 is 1.79 bits per heavy atom. The molecule has 0 aromatic carbocycles. The Morgan fingerprint density at radius 1 is 1.07 bits per heavy atom. The van der Waals surface area contributed by atoms with Crippen molar-refractivity contribution in [3.63, 3.8) is 0 Å². The number of rotatable bonds is 0. The second kappa shape index (κ2) is 3.03. The molecule has 0 aromatic rings. The summed E-state index contributed by atoms with van der Waals surface area (Å²) >= 11 is 0. The lowest BCUT2D eigenvalue weighted by Crippen LogP contribution is -2.58. The molecular weight excluding hydrogens is 216 g/mol. The van der Waals surface area contributed by atoms with Gasteiger partial charge in [0.15, 0.2) is 0 Å². The summed E-state index contributed by atoms with van der Waals surface area (Å²) < 4.78 is 70.5. The molecule has 1 aliphatic rings. The predicted octanol–water partition coefficient (Wildman–Crippen LogP) is 1.57. The van der Waals surface area contributed by atoms with Gasteiger partial charge < -0.3 is 4.90 Å². The van der Waals surface area contributed by atoms with Crippen molar-refractivity contribution in [1.82, 2.24) is 4.90 Å². The maximum Gasteiger partial charge on any atom is 0.471 e. The van der Waals surface area contributed by atoms with Crippen LogP contribution in [0.25, 0.3) is 0 Å². The van der Waals surface area contributed by atoms with Gasteiger partial charge in [0.2, 0.25) is 0 Å². The van der Waals surface area contributed by atoms with Crippen molar-refractivity contribution in [3.05, 3.63) is 0 Å². The zero-order valence-electron chi connectivity index (χ0n) is 6.61. The summed E-state index contributed by atoms with van der Waals surface area (Å²) in [6, 6.07) is 0. The second-order valence-corrected chi connectivity index (χ2v) is 2.95. The van der Waals surface area contributed by atoms with Crippen LogP contribution in [0.15, 0.2) is 0 Å². The van der Waals surface area contributed by atoms with Crippen molar-refractivity contribution in [1.29, 1.82) is 0 Å². The van der Waals surface area contributed by atoms with Crippen LogP contribution in [0.3, 0.4) is 0 Å². The molecule has 0 bridgehead atoms. The zero-order valence-corrected chi connectivity index (χ0v) is 6.61. The van der Waals surface area contributed by atoms with Gasteiger partial charge >= 0.3 is 18.3 Å². The number of amides is 1. The molecule has 1 aliphatic heterocycles. The zero-order chi connectivity index (χ0) is 11.1. The molecule has 1 saturated heterocycles. The molecule has 1 fully saturated rings. The van der Waals surface area contributed by atoms with E-state index in [9.17, 15) is 31.1 Å². The van der Waals surface area contributed by atoms with Crippen molar-refractivity contribution >= 4 is 5.91 Å². The molecule has 0 N–H and O–H groups in total. The van der Waals surface area contributed by atoms with E-state index in [4.69, 9.17) is 0 Å². The smallest absolute Gasteiger partial charge is 0.334 e. The van der Waals surface area contributed by atoms with E-state index in [1.807, 2.05) is 0 Å². The van der Waals surface area contributed by atoms with Gasteiger partial charge in [-0.25, -0.2) is 0 Å². The first kappa shape index (κ1) is 11.1. The highest BCUT2D eigenvalue weighted by Gasteiger charge is 2.53. The third kappa shape index (κ3) is 2.10. The molecule has 1 amide bonds. The summed E-state index contributed by atoms with van der Waals surface area (Å²) in [6.45, 7) is -1.80. The first-order chi connectivity index (χ1) is 6.12. The fourth-order valence-corrected chi connectivity index (χ4v) is 1.03. The minimum atomic E-state index is -5.09. The Morgan fingerprint density at radius 2 is 1.50 bits per heavy atom. The third-order valence-electron chi connectivity index (χ3n) is 1.87. The summed E-state index contributed by atoms with van der Waals surface area (Å²) in [5.74, 6) is -4.04. The van der Waals surface area contributed by atoms with Crippen LogP contribution in [0.2, 0.25) is 0 Å². The van der Waals surface area contributed by atoms with Gasteiger partial charge in [-0.05, 0) is 0 Å². The molecule has 8 heteroatoms. The summed E-state index contributed by atoms with van der Waals surface area (Å²) in [7, 11) is 0. The quantitative estimate of drug-likeness (QED) is 0.568. The van der Waals surface area contributed by atoms with Crippen LogP contribution >= 0.6 is 0 Å². The van der Waals surface area contributed by atoms with Crippen molar-refractivity contribution in [3.8, 4) is 0 Å². The Kier molecular flexibility index (Phi) is 2.41. The molecule has 0 spiro atoms. The van der Waals surface area contributed by atoms with Gasteiger partial charge in [0, 0.05) is 13.1 Å². The summed E-state index contributed by atoms with van der Waals surface area (Å²) in [6.07, 6.45) is -9.61. The number of nitrogens with zero attached hydrogens (tertiary/aromatic N) is 1. The lowest BCUT2D eigenvalue weighted by molar-refractivity contribution is -0.225. The van der Waals surface area contributed by atoms with Crippen LogP contribution in [0.5, 0.6) is 0 Å². The Hall–Kier alpha value is -0.950. The van der Waals surface area contributed by atoms with Crippen LogP contribution in [-0.2, 0) is 4.79 Å². The highest BCUT2D eigenvalue weighted by atomic mass is 19.4. The average molecular weight is 221 g/mol. The van der Waals surface area contributed by atoms with Crippen LogP contribution in [-0.4, -0.2) is 36.2 Å². The number of halogens is 6. The van der Waals surface area contributed by atoms with E-state index in [0.717, 1.165) is 0 Å². The molecular formula is C6H5F6NO. The molecule has 14 heavy (non-hydrogen) atoms. The first-order valence-corrected chi connectivity index (χ1v) is 3.55. The molecule has 0 atom stereocenters. The van der Waals surface area contributed by atoms with Gasteiger partial charge in [-0.1, -0.05) is 0 Å². The van der Waals surface area contributed by atoms with E-state index in [-0.39, 0.29) is 4.90 Å². The van der Waals surface area contributed by atoms with Crippen molar-refractivity contribution in [2.24, 2.45) is 5.92 Å². The number of hydrogen-bond acceptors (Lipinski definition) is 1. The van der Waals surface area contributed by atoms with Gasteiger partial charge in [-0.2, -0.15) is 26.3 Å². The molecule has 0 saturated carbocycles. The third-order valence-corrected chi connectivity index (χ3v) is 1.87. The fraction of sp³-hybridized carbons (Fsp3) is 0.833. The second-order valence-electron chi connectivity index (χ2n) is 2.95. The predicted molar refractivity (Wildman–Crippen MR) is 32.2 cm³/mol. The number of carbonyl (C=O) groups is 1. The van der Waals surface area contributed by atoms with Gasteiger partial charge in [-0.3, -0.25) is 4.79 Å². The average Bonchev–Trinajstić information content (AvgIpc) is 1.77. The molecule has 0 aliphatic carbocycles. The SMILES string of the molecule is O=C(N1CC(C(F)(F)F)C1)C(F)(F)F. The van der Waals surface area contributed by atoms with E-state index in [2.05, 4.69) is 0 Å². The lowest BCUT2D eigenvalue weighted by Gasteiger charge is -2.40. The normalized spacial score (nSPS) is 19.4. The van der Waals surface area contributed by atoms with Crippen LogP contribution < -0.4 is 0 Å². The van der Waals surface area contributed by atoms with E-state index < -0.39 is 37.3 Å². The molecule has 1 heterocycles. The number of likely N-dealkylation sites (tertiary alicyclic amines) is 1. The molecule has 82 valence electrons. The molecule has 0 aromatic heterocycles. The van der Waals surface area contributed by atoms with Gasteiger partial charge in [0.25, 0.3) is 0 Å². The molecule has 0 unspecified atom stereocenters. The Bertz CT molecular complexity index is 238. The van der Waals surface area contributed by atoms with E-state index in [1.165, 1.54) is 0 Å². The van der Waals surface area contributed by atoms with Crippen LogP contribution in [0, 0.1) is 5.92 Å². The maximum absolute atomic E-state index is 11.8. The Labute approximate surface area is 74.5 Å². The molecule has 1 rings (SSSR count).